The van der Waals surface area contributed by atoms with Crippen LogP contribution in [-0.2, 0) is 6.42 Å². The second-order valence-corrected chi connectivity index (χ2v) is 5.36. The first kappa shape index (κ1) is 15.6. The first-order valence-electron chi connectivity index (χ1n) is 7.17. The SMILES string of the molecule is CN(C)C(=N)/C=C(\N)Nc1ccc(Cc2ccccc2)cc1. The molecule has 114 valence electrons. The zero-order chi connectivity index (χ0) is 15.9. The van der Waals surface area contributed by atoms with Gasteiger partial charge in [0.2, 0.25) is 0 Å². The predicted molar refractivity (Wildman–Crippen MR) is 93.0 cm³/mol. The molecule has 0 atom stereocenters. The van der Waals surface area contributed by atoms with Crippen molar-refractivity contribution in [1.82, 2.24) is 4.90 Å². The van der Waals surface area contributed by atoms with E-state index in [9.17, 15) is 0 Å². The molecule has 0 aliphatic rings. The van der Waals surface area contributed by atoms with Crippen LogP contribution >= 0.6 is 0 Å². The molecule has 0 aromatic heterocycles. The molecule has 0 spiro atoms. The number of nitrogens with zero attached hydrogens (tertiary/aromatic N) is 1. The minimum atomic E-state index is 0.352. The lowest BCUT2D eigenvalue weighted by Gasteiger charge is -2.12. The van der Waals surface area contributed by atoms with Crippen LogP contribution in [0.5, 0.6) is 0 Å². The third kappa shape index (κ3) is 4.66. The summed E-state index contributed by atoms with van der Waals surface area (Å²) in [4.78, 5) is 1.69. The van der Waals surface area contributed by atoms with Crippen LogP contribution < -0.4 is 11.1 Å². The molecule has 0 fully saturated rings. The lowest BCUT2D eigenvalue weighted by Crippen LogP contribution is -2.21. The van der Waals surface area contributed by atoms with Crippen molar-refractivity contribution in [3.05, 3.63) is 77.6 Å². The van der Waals surface area contributed by atoms with Crippen LogP contribution in [-0.4, -0.2) is 24.8 Å². The molecule has 0 saturated heterocycles. The molecule has 4 N–H and O–H groups in total. The first-order valence-corrected chi connectivity index (χ1v) is 7.17. The Hall–Kier alpha value is -2.75. The summed E-state index contributed by atoms with van der Waals surface area (Å²) in [6.07, 6.45) is 2.51. The molecule has 0 unspecified atom stereocenters. The fourth-order valence-corrected chi connectivity index (χ4v) is 2.02. The second kappa shape index (κ2) is 7.31. The lowest BCUT2D eigenvalue weighted by atomic mass is 10.0. The highest BCUT2D eigenvalue weighted by Crippen LogP contribution is 2.14. The molecule has 0 aliphatic heterocycles. The largest absolute Gasteiger partial charge is 0.385 e. The average Bonchev–Trinajstić information content (AvgIpc) is 2.50. The average molecular weight is 294 g/mol. The van der Waals surface area contributed by atoms with Gasteiger partial charge in [0.05, 0.1) is 0 Å². The quantitative estimate of drug-likeness (QED) is 0.586. The summed E-state index contributed by atoms with van der Waals surface area (Å²) >= 11 is 0. The molecule has 4 nitrogen and oxygen atoms in total. The molecule has 4 heteroatoms. The van der Waals surface area contributed by atoms with Crippen LogP contribution in [0.3, 0.4) is 0 Å². The first-order chi connectivity index (χ1) is 10.5. The summed E-state index contributed by atoms with van der Waals surface area (Å²) in [5.41, 5.74) is 9.35. The Morgan fingerprint density at radius 2 is 1.64 bits per heavy atom. The number of rotatable bonds is 5. The van der Waals surface area contributed by atoms with Crippen molar-refractivity contribution in [2.45, 2.75) is 6.42 Å². The van der Waals surface area contributed by atoms with Crippen molar-refractivity contribution in [3.63, 3.8) is 0 Å². The Morgan fingerprint density at radius 1 is 1.05 bits per heavy atom. The van der Waals surface area contributed by atoms with Gasteiger partial charge in [-0.05, 0) is 29.7 Å². The van der Waals surface area contributed by atoms with Crippen LogP contribution in [0.1, 0.15) is 11.1 Å². The van der Waals surface area contributed by atoms with E-state index in [0.717, 1.165) is 12.1 Å². The molecule has 2 aromatic carbocycles. The maximum Gasteiger partial charge on any atom is 0.123 e. The number of amidine groups is 1. The highest BCUT2D eigenvalue weighted by atomic mass is 15.1. The predicted octanol–water partition coefficient (Wildman–Crippen LogP) is 3.03. The monoisotopic (exact) mass is 294 g/mol. The Morgan fingerprint density at radius 3 is 2.23 bits per heavy atom. The molecule has 2 aromatic rings. The summed E-state index contributed by atoms with van der Waals surface area (Å²) < 4.78 is 0. The van der Waals surface area contributed by atoms with Crippen molar-refractivity contribution < 1.29 is 0 Å². The van der Waals surface area contributed by atoms with E-state index in [1.807, 2.05) is 32.3 Å². The van der Waals surface area contributed by atoms with Gasteiger partial charge in [0, 0.05) is 25.9 Å². The number of nitrogens with two attached hydrogens (primary N) is 1. The molecule has 2 rings (SSSR count). The zero-order valence-corrected chi connectivity index (χ0v) is 13.0. The normalized spacial score (nSPS) is 11.1. The minimum absolute atomic E-state index is 0.352. The maximum atomic E-state index is 7.73. The third-order valence-corrected chi connectivity index (χ3v) is 3.27. The van der Waals surface area contributed by atoms with Crippen molar-refractivity contribution in [3.8, 4) is 0 Å². The van der Waals surface area contributed by atoms with E-state index >= 15 is 0 Å². The van der Waals surface area contributed by atoms with Gasteiger partial charge in [-0.25, -0.2) is 0 Å². The van der Waals surface area contributed by atoms with Crippen molar-refractivity contribution in [1.29, 1.82) is 5.41 Å². The minimum Gasteiger partial charge on any atom is -0.385 e. The van der Waals surface area contributed by atoms with Crippen LogP contribution in [0.2, 0.25) is 0 Å². The number of anilines is 1. The smallest absolute Gasteiger partial charge is 0.123 e. The van der Waals surface area contributed by atoms with Crippen LogP contribution in [0.4, 0.5) is 5.69 Å². The van der Waals surface area contributed by atoms with Gasteiger partial charge in [-0.2, -0.15) is 0 Å². The maximum absolute atomic E-state index is 7.73. The Bertz CT molecular complexity index is 643. The molecule has 0 aliphatic carbocycles. The highest BCUT2D eigenvalue weighted by Gasteiger charge is 2.00. The van der Waals surface area contributed by atoms with Gasteiger partial charge < -0.3 is 16.0 Å². The zero-order valence-electron chi connectivity index (χ0n) is 13.0. The van der Waals surface area contributed by atoms with E-state index < -0.39 is 0 Å². The summed E-state index contributed by atoms with van der Waals surface area (Å²) in [5.74, 6) is 0.806. The topological polar surface area (TPSA) is 65.1 Å². The van der Waals surface area contributed by atoms with Gasteiger partial charge in [-0.1, -0.05) is 42.5 Å². The van der Waals surface area contributed by atoms with Crippen LogP contribution in [0.25, 0.3) is 0 Å². The molecule has 0 amide bonds. The summed E-state index contributed by atoms with van der Waals surface area (Å²) in [5, 5.41) is 10.8. The number of benzene rings is 2. The molecule has 0 bridgehead atoms. The number of hydrogen-bond donors (Lipinski definition) is 3. The van der Waals surface area contributed by atoms with Crippen molar-refractivity contribution in [2.24, 2.45) is 5.73 Å². The van der Waals surface area contributed by atoms with E-state index in [1.54, 1.807) is 11.0 Å². The van der Waals surface area contributed by atoms with Gasteiger partial charge >= 0.3 is 0 Å². The molecule has 22 heavy (non-hydrogen) atoms. The molecule has 0 saturated carbocycles. The molecule has 0 radical (unpaired) electrons. The third-order valence-electron chi connectivity index (χ3n) is 3.27. The van der Waals surface area contributed by atoms with E-state index in [4.69, 9.17) is 11.1 Å². The van der Waals surface area contributed by atoms with Crippen molar-refractivity contribution in [2.75, 3.05) is 19.4 Å². The van der Waals surface area contributed by atoms with E-state index in [0.29, 0.717) is 11.7 Å². The molecule has 0 heterocycles. The standard InChI is InChI=1S/C18H22N4/c1-22(2)18(20)13-17(19)21-16-10-8-15(9-11-16)12-14-6-4-3-5-7-14/h3-11,13,20-21H,12,19H2,1-2H3/b17-13+,20-18?. The summed E-state index contributed by atoms with van der Waals surface area (Å²) in [6, 6.07) is 18.5. The number of hydrogen-bond acceptors (Lipinski definition) is 3. The lowest BCUT2D eigenvalue weighted by molar-refractivity contribution is 0.621. The molecular weight excluding hydrogens is 272 g/mol. The van der Waals surface area contributed by atoms with Gasteiger partial charge in [0.25, 0.3) is 0 Å². The van der Waals surface area contributed by atoms with E-state index in [1.165, 1.54) is 11.1 Å². The van der Waals surface area contributed by atoms with E-state index in [-0.39, 0.29) is 0 Å². The fourth-order valence-electron chi connectivity index (χ4n) is 2.02. The Balaban J connectivity index is 1.99. The van der Waals surface area contributed by atoms with Crippen LogP contribution in [0.15, 0.2) is 66.5 Å². The second-order valence-electron chi connectivity index (χ2n) is 5.36. The van der Waals surface area contributed by atoms with Gasteiger partial charge in [0.15, 0.2) is 0 Å². The summed E-state index contributed by atoms with van der Waals surface area (Å²) in [6.45, 7) is 0. The fraction of sp³-hybridized carbons (Fsp3) is 0.167. The van der Waals surface area contributed by atoms with Crippen molar-refractivity contribution >= 4 is 11.5 Å². The van der Waals surface area contributed by atoms with Gasteiger partial charge in [0.1, 0.15) is 11.7 Å². The summed E-state index contributed by atoms with van der Waals surface area (Å²) in [7, 11) is 3.62. The van der Waals surface area contributed by atoms with E-state index in [2.05, 4.69) is 41.7 Å². The number of likely N-dealkylation sites (N-methyl/N-ethyl adjacent to an activating group) is 1. The molecular formula is C18H22N4. The van der Waals surface area contributed by atoms with Gasteiger partial charge in [-0.15, -0.1) is 0 Å². The Kier molecular flexibility index (Phi) is 5.20. The van der Waals surface area contributed by atoms with Crippen LogP contribution in [0, 0.1) is 5.41 Å². The van der Waals surface area contributed by atoms with Gasteiger partial charge in [-0.3, -0.25) is 5.41 Å². The number of nitrogens with one attached hydrogen (secondary N) is 2. The highest BCUT2D eigenvalue weighted by molar-refractivity contribution is 5.90. The Labute approximate surface area is 131 Å².